The van der Waals surface area contributed by atoms with Gasteiger partial charge in [-0.3, -0.25) is 4.98 Å². The molecule has 0 amide bonds. The topological polar surface area (TPSA) is 92.3 Å². The monoisotopic (exact) mass is 449 g/mol. The van der Waals surface area contributed by atoms with E-state index in [1.54, 1.807) is 24.5 Å². The molecule has 0 aromatic carbocycles. The van der Waals surface area contributed by atoms with Crippen LogP contribution in [0.2, 0.25) is 5.15 Å². The molecule has 0 spiro atoms. The summed E-state index contributed by atoms with van der Waals surface area (Å²) in [7, 11) is 0. The van der Waals surface area contributed by atoms with E-state index in [9.17, 15) is 0 Å². The number of nitrogens with one attached hydrogen (secondary N) is 2. The Morgan fingerprint density at radius 2 is 1.94 bits per heavy atom. The van der Waals surface area contributed by atoms with Crippen molar-refractivity contribution in [2.45, 2.75) is 38.1 Å². The summed E-state index contributed by atoms with van der Waals surface area (Å²) in [5.74, 6) is 1.32. The molecule has 9 heteroatoms. The van der Waals surface area contributed by atoms with E-state index in [-0.39, 0.29) is 22.7 Å². The van der Waals surface area contributed by atoms with Gasteiger partial charge in [0.2, 0.25) is 0 Å². The number of anilines is 1. The van der Waals surface area contributed by atoms with Crippen LogP contribution in [0.5, 0.6) is 0 Å². The normalized spacial score (nSPS) is 22.4. The van der Waals surface area contributed by atoms with E-state index in [0.717, 1.165) is 6.42 Å². The molecule has 7 rings (SSSR count). The van der Waals surface area contributed by atoms with E-state index in [1.165, 1.54) is 31.9 Å². The molecule has 0 aliphatic heterocycles. The van der Waals surface area contributed by atoms with Gasteiger partial charge in [-0.25, -0.2) is 24.3 Å². The van der Waals surface area contributed by atoms with E-state index < -0.39 is 5.82 Å². The summed E-state index contributed by atoms with van der Waals surface area (Å²) in [5, 5.41) is 3.69. The summed E-state index contributed by atoms with van der Waals surface area (Å²) in [4.78, 5) is 25.2. The van der Waals surface area contributed by atoms with Gasteiger partial charge in [-0.2, -0.15) is 0 Å². The minimum absolute atomic E-state index is 0.156. The van der Waals surface area contributed by atoms with Gasteiger partial charge >= 0.3 is 0 Å². The van der Waals surface area contributed by atoms with E-state index in [4.69, 9.17) is 11.6 Å². The highest BCUT2D eigenvalue weighted by molar-refractivity contribution is 6.29. The van der Waals surface area contributed by atoms with E-state index >= 15 is 4.39 Å². The van der Waals surface area contributed by atoms with Crippen LogP contribution >= 0.6 is 11.6 Å². The van der Waals surface area contributed by atoms with E-state index in [0.29, 0.717) is 40.1 Å². The lowest BCUT2D eigenvalue weighted by Crippen LogP contribution is -2.40. The lowest BCUT2D eigenvalue weighted by atomic mass is 9.68. The predicted molar refractivity (Wildman–Crippen MR) is 121 cm³/mol. The highest BCUT2D eigenvalue weighted by atomic mass is 35.5. The van der Waals surface area contributed by atoms with Crippen molar-refractivity contribution >= 4 is 28.6 Å². The van der Waals surface area contributed by atoms with Crippen LogP contribution in [0.3, 0.4) is 0 Å². The van der Waals surface area contributed by atoms with Gasteiger partial charge in [0.15, 0.2) is 23.1 Å². The number of hydrogen-bond donors (Lipinski definition) is 2. The second kappa shape index (κ2) is 7.78. The zero-order valence-corrected chi connectivity index (χ0v) is 18.0. The molecular formula is C23H21ClFN7. The van der Waals surface area contributed by atoms with Gasteiger partial charge in [-0.15, -0.1) is 0 Å². The van der Waals surface area contributed by atoms with Crippen LogP contribution in [0.15, 0.2) is 36.8 Å². The van der Waals surface area contributed by atoms with Crippen LogP contribution in [0.1, 0.15) is 32.1 Å². The minimum Gasteiger partial charge on any atom is -0.364 e. The fourth-order valence-corrected chi connectivity index (χ4v) is 5.24. The second-order valence-electron chi connectivity index (χ2n) is 8.63. The molecule has 7 nitrogen and oxygen atoms in total. The summed E-state index contributed by atoms with van der Waals surface area (Å²) in [6.07, 6.45) is 10.8. The zero-order valence-electron chi connectivity index (χ0n) is 17.2. The highest BCUT2D eigenvalue weighted by Crippen LogP contribution is 2.43. The van der Waals surface area contributed by atoms with Crippen molar-refractivity contribution in [1.82, 2.24) is 29.9 Å². The minimum atomic E-state index is -0.488. The van der Waals surface area contributed by atoms with Gasteiger partial charge in [0.1, 0.15) is 16.4 Å². The molecule has 3 saturated carbocycles. The number of aromatic amines is 1. The Hall–Kier alpha value is -3.13. The van der Waals surface area contributed by atoms with Crippen molar-refractivity contribution in [3.63, 3.8) is 0 Å². The number of hydrogen-bond acceptors (Lipinski definition) is 6. The number of halogens is 2. The first-order chi connectivity index (χ1) is 15.7. The third-order valence-electron chi connectivity index (χ3n) is 6.72. The predicted octanol–water partition coefficient (Wildman–Crippen LogP) is 5.26. The fraction of sp³-hybridized carbons (Fsp3) is 0.348. The van der Waals surface area contributed by atoms with Crippen molar-refractivity contribution in [3.05, 3.63) is 47.8 Å². The zero-order chi connectivity index (χ0) is 21.7. The number of aromatic nitrogens is 6. The number of H-pyrrole nitrogens is 1. The number of fused-ring (bicyclic) bond motifs is 4. The van der Waals surface area contributed by atoms with Gasteiger partial charge in [0, 0.05) is 18.4 Å². The number of nitrogens with zero attached hydrogens (tertiary/aromatic N) is 5. The van der Waals surface area contributed by atoms with Gasteiger partial charge in [-0.1, -0.05) is 30.5 Å². The van der Waals surface area contributed by atoms with Gasteiger partial charge in [0.25, 0.3) is 0 Å². The smallest absolute Gasteiger partial charge is 0.193 e. The molecule has 3 fully saturated rings. The summed E-state index contributed by atoms with van der Waals surface area (Å²) >= 11 is 6.07. The Labute approximate surface area is 188 Å². The summed E-state index contributed by atoms with van der Waals surface area (Å²) < 4.78 is 15.7. The molecule has 162 valence electrons. The summed E-state index contributed by atoms with van der Waals surface area (Å²) in [6, 6.07) is 5.56. The Kier molecular flexibility index (Phi) is 4.75. The van der Waals surface area contributed by atoms with Crippen LogP contribution < -0.4 is 5.32 Å². The second-order valence-corrected chi connectivity index (χ2v) is 9.02. The van der Waals surface area contributed by atoms with Crippen molar-refractivity contribution < 1.29 is 4.39 Å². The van der Waals surface area contributed by atoms with Crippen molar-refractivity contribution in [3.8, 4) is 22.8 Å². The van der Waals surface area contributed by atoms with Crippen LogP contribution in [0, 0.1) is 17.7 Å². The third kappa shape index (κ3) is 3.39. The maximum atomic E-state index is 15.7. The Morgan fingerprint density at radius 1 is 1.06 bits per heavy atom. The largest absolute Gasteiger partial charge is 0.364 e. The SMILES string of the molecule is Fc1c(NC2CC3CCC2CC3)nc(-c2c[nH]c3ncc(Cl)nc23)nc1-c1ccccn1. The standard InChI is InChI=1S/C23H21ClFN7/c24-17-11-28-23-19(30-17)14(10-27-23)21-31-20(15-3-1-2-8-26-15)18(25)22(32-21)29-16-9-12-4-6-13(16)7-5-12/h1-3,8,10-13,16H,4-7,9H2,(H,27,28)(H,29,31,32). The molecule has 1 unspecified atom stereocenters. The van der Waals surface area contributed by atoms with Crippen molar-refractivity contribution in [2.75, 3.05) is 5.32 Å². The molecule has 3 aliphatic carbocycles. The van der Waals surface area contributed by atoms with Crippen LogP contribution in [0.25, 0.3) is 33.9 Å². The van der Waals surface area contributed by atoms with Crippen LogP contribution in [-0.2, 0) is 0 Å². The maximum absolute atomic E-state index is 15.7. The maximum Gasteiger partial charge on any atom is 0.193 e. The summed E-state index contributed by atoms with van der Waals surface area (Å²) in [6.45, 7) is 0. The fourth-order valence-electron chi connectivity index (χ4n) is 5.11. The molecule has 4 heterocycles. The first-order valence-electron chi connectivity index (χ1n) is 10.9. The van der Waals surface area contributed by atoms with Crippen LogP contribution in [-0.4, -0.2) is 35.9 Å². The van der Waals surface area contributed by atoms with Crippen molar-refractivity contribution in [2.24, 2.45) is 11.8 Å². The lowest BCUT2D eigenvalue weighted by Gasteiger charge is -2.42. The molecule has 4 aromatic heterocycles. The highest BCUT2D eigenvalue weighted by Gasteiger charge is 2.36. The van der Waals surface area contributed by atoms with Crippen molar-refractivity contribution in [1.29, 1.82) is 0 Å². The molecule has 0 radical (unpaired) electrons. The quantitative estimate of drug-likeness (QED) is 0.441. The van der Waals surface area contributed by atoms with E-state index in [1.807, 2.05) is 6.07 Å². The Balaban J connectivity index is 1.48. The van der Waals surface area contributed by atoms with Gasteiger partial charge in [0.05, 0.1) is 17.5 Å². The molecule has 1 atom stereocenters. The molecule has 2 bridgehead atoms. The third-order valence-corrected chi connectivity index (χ3v) is 6.90. The molecule has 32 heavy (non-hydrogen) atoms. The van der Waals surface area contributed by atoms with Crippen LogP contribution in [0.4, 0.5) is 10.2 Å². The molecule has 2 N–H and O–H groups in total. The number of pyridine rings is 1. The first-order valence-corrected chi connectivity index (χ1v) is 11.3. The average molecular weight is 450 g/mol. The Morgan fingerprint density at radius 3 is 2.69 bits per heavy atom. The molecule has 4 aromatic rings. The average Bonchev–Trinajstić information content (AvgIpc) is 3.25. The molecule has 0 saturated heterocycles. The van der Waals surface area contributed by atoms with Gasteiger partial charge in [-0.05, 0) is 43.2 Å². The lowest BCUT2D eigenvalue weighted by molar-refractivity contribution is 0.157. The molecular weight excluding hydrogens is 429 g/mol. The summed E-state index contributed by atoms with van der Waals surface area (Å²) in [5.41, 5.74) is 2.32. The Bertz CT molecular complexity index is 1280. The number of rotatable bonds is 4. The first kappa shape index (κ1) is 19.5. The van der Waals surface area contributed by atoms with Gasteiger partial charge < -0.3 is 10.3 Å². The van der Waals surface area contributed by atoms with E-state index in [2.05, 4.69) is 35.2 Å². The molecule has 3 aliphatic rings.